The lowest BCUT2D eigenvalue weighted by atomic mass is 9.82. The van der Waals surface area contributed by atoms with Crippen LogP contribution in [0.2, 0.25) is 0 Å². The number of benzene rings is 8. The fourth-order valence-corrected chi connectivity index (χ4v) is 9.39. The van der Waals surface area contributed by atoms with Crippen LogP contribution in [-0.4, -0.2) is 0 Å². The van der Waals surface area contributed by atoms with Crippen molar-refractivity contribution in [2.75, 3.05) is 4.90 Å². The fraction of sp³-hybridized carbons (Fsp3) is 0.0612. The summed E-state index contributed by atoms with van der Waals surface area (Å²) in [6.45, 7) is 4.72. The zero-order valence-electron chi connectivity index (χ0n) is 28.6. The van der Waals surface area contributed by atoms with Gasteiger partial charge in [-0.1, -0.05) is 135 Å². The number of rotatable bonds is 5. The molecule has 1 aliphatic rings. The Hall–Kier alpha value is -5.96. The molecule has 0 amide bonds. The molecule has 242 valence electrons. The van der Waals surface area contributed by atoms with Crippen LogP contribution in [0.3, 0.4) is 0 Å². The number of fused-ring (bicyclic) bond motifs is 7. The highest BCUT2D eigenvalue weighted by Gasteiger charge is 2.35. The van der Waals surface area contributed by atoms with E-state index in [4.69, 9.17) is 0 Å². The molecule has 0 atom stereocenters. The molecule has 2 heteroatoms. The average Bonchev–Trinajstić information content (AvgIpc) is 3.66. The summed E-state index contributed by atoms with van der Waals surface area (Å²) in [7, 11) is 0. The van der Waals surface area contributed by atoms with Gasteiger partial charge in [0, 0.05) is 42.6 Å². The van der Waals surface area contributed by atoms with Crippen molar-refractivity contribution in [2.24, 2.45) is 0 Å². The summed E-state index contributed by atoms with van der Waals surface area (Å²) >= 11 is 1.86. The number of hydrogen-bond donors (Lipinski definition) is 0. The Labute approximate surface area is 302 Å². The maximum atomic E-state index is 2.45. The first-order valence-electron chi connectivity index (χ1n) is 17.7. The van der Waals surface area contributed by atoms with Crippen molar-refractivity contribution in [3.8, 4) is 33.4 Å². The summed E-state index contributed by atoms with van der Waals surface area (Å²) in [6.07, 6.45) is 0. The molecule has 1 nitrogen and oxygen atoms in total. The monoisotopic (exact) mass is 669 g/mol. The summed E-state index contributed by atoms with van der Waals surface area (Å²) < 4.78 is 2.63. The van der Waals surface area contributed by atoms with Crippen molar-refractivity contribution < 1.29 is 0 Å². The Morgan fingerprint density at radius 3 is 1.92 bits per heavy atom. The first kappa shape index (κ1) is 29.9. The zero-order chi connectivity index (χ0) is 34.1. The number of hydrogen-bond acceptors (Lipinski definition) is 2. The van der Waals surface area contributed by atoms with Gasteiger partial charge in [-0.25, -0.2) is 0 Å². The molecule has 0 aliphatic heterocycles. The molecular formula is C49H35NS. The molecule has 0 bridgehead atoms. The van der Waals surface area contributed by atoms with E-state index in [1.54, 1.807) is 0 Å². The van der Waals surface area contributed by atoms with Crippen molar-refractivity contribution >= 4 is 59.3 Å². The van der Waals surface area contributed by atoms with Crippen LogP contribution in [0.25, 0.3) is 64.3 Å². The fourth-order valence-electron chi connectivity index (χ4n) is 8.30. The average molecular weight is 670 g/mol. The third-order valence-corrected chi connectivity index (χ3v) is 12.0. The lowest BCUT2D eigenvalue weighted by Crippen LogP contribution is -2.16. The minimum atomic E-state index is -0.0922. The van der Waals surface area contributed by atoms with Crippen LogP contribution in [0.1, 0.15) is 25.0 Å². The van der Waals surface area contributed by atoms with E-state index in [1.807, 2.05) is 11.3 Å². The highest BCUT2D eigenvalue weighted by molar-refractivity contribution is 7.25. The molecule has 10 rings (SSSR count). The predicted octanol–water partition coefficient (Wildman–Crippen LogP) is 14.3. The quantitative estimate of drug-likeness (QED) is 0.176. The Morgan fingerprint density at radius 2 is 1.00 bits per heavy atom. The largest absolute Gasteiger partial charge is 0.310 e. The van der Waals surface area contributed by atoms with Gasteiger partial charge in [0.15, 0.2) is 0 Å². The van der Waals surface area contributed by atoms with Crippen LogP contribution < -0.4 is 4.90 Å². The van der Waals surface area contributed by atoms with E-state index in [0.29, 0.717) is 0 Å². The summed E-state index contributed by atoms with van der Waals surface area (Å²) in [5.74, 6) is 0. The van der Waals surface area contributed by atoms with E-state index in [0.717, 1.165) is 17.1 Å². The number of anilines is 3. The molecule has 0 N–H and O–H groups in total. The predicted molar refractivity (Wildman–Crippen MR) is 220 cm³/mol. The van der Waals surface area contributed by atoms with Crippen LogP contribution in [0.4, 0.5) is 17.1 Å². The minimum absolute atomic E-state index is 0.0922. The van der Waals surface area contributed by atoms with Crippen LogP contribution in [0.15, 0.2) is 176 Å². The van der Waals surface area contributed by atoms with Gasteiger partial charge in [-0.3, -0.25) is 0 Å². The van der Waals surface area contributed by atoms with Crippen molar-refractivity contribution in [3.05, 3.63) is 187 Å². The molecule has 0 saturated carbocycles. The molecule has 9 aromatic rings. The van der Waals surface area contributed by atoms with Gasteiger partial charge < -0.3 is 4.90 Å². The van der Waals surface area contributed by atoms with E-state index in [1.165, 1.54) is 75.5 Å². The Morgan fingerprint density at radius 1 is 0.392 bits per heavy atom. The maximum absolute atomic E-state index is 2.45. The Balaban J connectivity index is 1.14. The number of thiophene rings is 1. The molecule has 0 radical (unpaired) electrons. The lowest BCUT2D eigenvalue weighted by Gasteiger charge is -2.28. The normalized spacial score (nSPS) is 13.1. The smallest absolute Gasteiger partial charge is 0.0468 e. The SMILES string of the molecule is CC1(C)c2ccccc2-c2ccc(N(c3cccc(-c4cccc(-c5cccc6ccccc56)c4)c3)c3ccc4sc5ccccc5c4c3)cc21. The van der Waals surface area contributed by atoms with Crippen molar-refractivity contribution in [3.63, 3.8) is 0 Å². The summed E-state index contributed by atoms with van der Waals surface area (Å²) in [5, 5.41) is 5.14. The summed E-state index contributed by atoms with van der Waals surface area (Å²) in [5.41, 5.74) is 13.7. The molecule has 0 unspecified atom stereocenters. The van der Waals surface area contributed by atoms with Crippen LogP contribution in [0.5, 0.6) is 0 Å². The molecule has 1 aliphatic carbocycles. The first-order valence-corrected chi connectivity index (χ1v) is 18.5. The lowest BCUT2D eigenvalue weighted by molar-refractivity contribution is 0.660. The standard InChI is InChI=1S/C49H35NS/c1-49(2)45-22-7-5-19-41(45)42-26-24-38(31-46(42)49)50(37-25-27-48-44(30-37)43-20-6-8-23-47(43)51-48)36-17-10-15-34(29-36)33-14-9-16-35(28-33)40-21-11-13-32-12-3-4-18-39(32)40/h3-31H,1-2H3. The molecule has 1 heterocycles. The second-order valence-corrected chi connectivity index (χ2v) is 15.3. The zero-order valence-corrected chi connectivity index (χ0v) is 29.4. The molecule has 1 aromatic heterocycles. The highest BCUT2D eigenvalue weighted by Crippen LogP contribution is 2.51. The molecule has 0 fully saturated rings. The second-order valence-electron chi connectivity index (χ2n) is 14.2. The third kappa shape index (κ3) is 4.82. The molecule has 0 saturated heterocycles. The topological polar surface area (TPSA) is 3.24 Å². The van der Waals surface area contributed by atoms with Crippen LogP contribution in [-0.2, 0) is 5.41 Å². The van der Waals surface area contributed by atoms with Crippen LogP contribution >= 0.6 is 11.3 Å². The highest BCUT2D eigenvalue weighted by atomic mass is 32.1. The van der Waals surface area contributed by atoms with E-state index in [-0.39, 0.29) is 5.41 Å². The minimum Gasteiger partial charge on any atom is -0.310 e. The van der Waals surface area contributed by atoms with Gasteiger partial charge in [0.2, 0.25) is 0 Å². The summed E-state index contributed by atoms with van der Waals surface area (Å²) in [6, 6.07) is 65.0. The van der Waals surface area contributed by atoms with Gasteiger partial charge in [0.25, 0.3) is 0 Å². The summed E-state index contributed by atoms with van der Waals surface area (Å²) in [4.78, 5) is 2.45. The molecule has 0 spiro atoms. The van der Waals surface area contributed by atoms with E-state index in [9.17, 15) is 0 Å². The van der Waals surface area contributed by atoms with Gasteiger partial charge in [0.05, 0.1) is 0 Å². The Bertz CT molecular complexity index is 2800. The number of nitrogens with zero attached hydrogens (tertiary/aromatic N) is 1. The van der Waals surface area contributed by atoms with Gasteiger partial charge in [0.1, 0.15) is 0 Å². The third-order valence-electron chi connectivity index (χ3n) is 10.8. The second kappa shape index (κ2) is 11.6. The van der Waals surface area contributed by atoms with E-state index in [2.05, 4.69) is 195 Å². The van der Waals surface area contributed by atoms with E-state index >= 15 is 0 Å². The van der Waals surface area contributed by atoms with Gasteiger partial charge in [-0.05, 0) is 110 Å². The van der Waals surface area contributed by atoms with E-state index < -0.39 is 0 Å². The van der Waals surface area contributed by atoms with Gasteiger partial charge in [-0.15, -0.1) is 11.3 Å². The molecule has 51 heavy (non-hydrogen) atoms. The van der Waals surface area contributed by atoms with Crippen molar-refractivity contribution in [1.82, 2.24) is 0 Å². The van der Waals surface area contributed by atoms with Crippen LogP contribution in [0, 0.1) is 0 Å². The van der Waals surface area contributed by atoms with Gasteiger partial charge >= 0.3 is 0 Å². The van der Waals surface area contributed by atoms with Gasteiger partial charge in [-0.2, -0.15) is 0 Å². The van der Waals surface area contributed by atoms with Crippen molar-refractivity contribution in [1.29, 1.82) is 0 Å². The first-order chi connectivity index (χ1) is 25.0. The van der Waals surface area contributed by atoms with Crippen molar-refractivity contribution in [2.45, 2.75) is 19.3 Å². The molecular weight excluding hydrogens is 635 g/mol. The molecule has 8 aromatic carbocycles. The maximum Gasteiger partial charge on any atom is 0.0468 e. The Kier molecular flexibility index (Phi) is 6.78.